The molecule has 5 heteroatoms. The second-order valence-corrected chi connectivity index (χ2v) is 7.54. The van der Waals surface area contributed by atoms with Crippen LogP contribution >= 0.6 is 11.8 Å². The molecule has 4 nitrogen and oxygen atoms in total. The molecule has 0 saturated heterocycles. The van der Waals surface area contributed by atoms with Crippen molar-refractivity contribution in [1.29, 1.82) is 0 Å². The van der Waals surface area contributed by atoms with E-state index in [2.05, 4.69) is 26.7 Å². The third-order valence-corrected chi connectivity index (χ3v) is 5.49. The summed E-state index contributed by atoms with van der Waals surface area (Å²) >= 11 is 1.54. The summed E-state index contributed by atoms with van der Waals surface area (Å²) in [7, 11) is 0. The number of aromatic nitrogens is 3. The molecule has 0 spiro atoms. The topological polar surface area (TPSA) is 50.7 Å². The van der Waals surface area contributed by atoms with E-state index in [1.165, 1.54) is 18.4 Å². The van der Waals surface area contributed by atoms with Crippen molar-refractivity contribution in [3.63, 3.8) is 0 Å². The third-order valence-electron chi connectivity index (χ3n) is 4.53. The first-order valence-corrected chi connectivity index (χ1v) is 9.57. The summed E-state index contributed by atoms with van der Waals surface area (Å²) in [6, 6.07) is 12.8. The number of carbonyl (C=O) groups is 1. The van der Waals surface area contributed by atoms with Crippen molar-refractivity contribution in [3.8, 4) is 11.3 Å². The standard InChI is InChI=1S/C20H21N3OS/c1-13-10-17(14(2)22-13)19(24)12-25-20-21-11-18(23(20)16-8-9-16)15-6-4-3-5-7-15/h3-7,10-11,16,22H,8-9,12H2,1-2H3. The largest absolute Gasteiger partial charge is 0.362 e. The minimum absolute atomic E-state index is 0.151. The molecule has 0 radical (unpaired) electrons. The first-order chi connectivity index (χ1) is 12.1. The molecule has 1 fully saturated rings. The number of thioether (sulfide) groups is 1. The number of imidazole rings is 1. The minimum atomic E-state index is 0.151. The lowest BCUT2D eigenvalue weighted by atomic mass is 10.2. The van der Waals surface area contributed by atoms with Crippen LogP contribution < -0.4 is 0 Å². The number of ketones is 1. The fourth-order valence-corrected chi connectivity index (χ4v) is 4.11. The van der Waals surface area contributed by atoms with Gasteiger partial charge in [-0.3, -0.25) is 4.79 Å². The van der Waals surface area contributed by atoms with E-state index >= 15 is 0 Å². The highest BCUT2D eigenvalue weighted by atomic mass is 32.2. The van der Waals surface area contributed by atoms with E-state index in [-0.39, 0.29) is 5.78 Å². The first kappa shape index (κ1) is 16.2. The number of nitrogens with zero attached hydrogens (tertiary/aromatic N) is 2. The van der Waals surface area contributed by atoms with Gasteiger partial charge in [-0.25, -0.2) is 4.98 Å². The first-order valence-electron chi connectivity index (χ1n) is 8.58. The van der Waals surface area contributed by atoms with Gasteiger partial charge in [0, 0.05) is 23.0 Å². The highest BCUT2D eigenvalue weighted by Crippen LogP contribution is 2.41. The molecule has 3 aromatic rings. The number of Topliss-reactive ketones (excluding diaryl/α,β-unsaturated/α-hetero) is 1. The third kappa shape index (κ3) is 3.29. The number of hydrogen-bond donors (Lipinski definition) is 1. The Hall–Kier alpha value is -2.27. The average molecular weight is 351 g/mol. The Morgan fingerprint density at radius 1 is 1.28 bits per heavy atom. The number of rotatable bonds is 6. The predicted molar refractivity (Wildman–Crippen MR) is 101 cm³/mol. The van der Waals surface area contributed by atoms with Gasteiger partial charge in [-0.05, 0) is 38.3 Å². The summed E-state index contributed by atoms with van der Waals surface area (Å²) in [6.07, 6.45) is 4.31. The number of nitrogens with one attached hydrogen (secondary N) is 1. The maximum Gasteiger partial charge on any atom is 0.174 e. The zero-order valence-corrected chi connectivity index (χ0v) is 15.3. The number of hydrogen-bond acceptors (Lipinski definition) is 3. The fraction of sp³-hybridized carbons (Fsp3) is 0.300. The van der Waals surface area contributed by atoms with Gasteiger partial charge in [0.15, 0.2) is 10.9 Å². The molecule has 1 aliphatic rings. The summed E-state index contributed by atoms with van der Waals surface area (Å²) in [5, 5.41) is 0.944. The molecule has 4 rings (SSSR count). The van der Waals surface area contributed by atoms with Crippen molar-refractivity contribution in [2.24, 2.45) is 0 Å². The Labute approximate surface area is 151 Å². The molecule has 0 bridgehead atoms. The number of aromatic amines is 1. The maximum absolute atomic E-state index is 12.5. The predicted octanol–water partition coefficient (Wildman–Crippen LogP) is 4.80. The Kier molecular flexibility index (Phi) is 4.25. The normalized spacial score (nSPS) is 14.0. The van der Waals surface area contributed by atoms with Crippen LogP contribution in [0.4, 0.5) is 0 Å². The SMILES string of the molecule is Cc1cc(C(=O)CSc2ncc(-c3ccccc3)n2C2CC2)c(C)[nH]1. The van der Waals surface area contributed by atoms with E-state index in [1.807, 2.05) is 44.3 Å². The van der Waals surface area contributed by atoms with E-state index < -0.39 is 0 Å². The van der Waals surface area contributed by atoms with Gasteiger partial charge in [-0.2, -0.15) is 0 Å². The van der Waals surface area contributed by atoms with Crippen LogP contribution in [0.3, 0.4) is 0 Å². The van der Waals surface area contributed by atoms with Gasteiger partial charge in [0.2, 0.25) is 0 Å². The highest BCUT2D eigenvalue weighted by molar-refractivity contribution is 7.99. The van der Waals surface area contributed by atoms with E-state index in [0.717, 1.165) is 27.8 Å². The Balaban J connectivity index is 1.56. The smallest absolute Gasteiger partial charge is 0.174 e. The fourth-order valence-electron chi connectivity index (χ4n) is 3.18. The number of aryl methyl sites for hydroxylation is 2. The van der Waals surface area contributed by atoms with Crippen LogP contribution in [0.1, 0.15) is 40.6 Å². The molecule has 0 unspecified atom stereocenters. The molecule has 0 aliphatic heterocycles. The summed E-state index contributed by atoms with van der Waals surface area (Å²) in [5.41, 5.74) is 5.08. The van der Waals surface area contributed by atoms with Gasteiger partial charge >= 0.3 is 0 Å². The zero-order valence-electron chi connectivity index (χ0n) is 14.5. The van der Waals surface area contributed by atoms with Crippen LogP contribution in [-0.2, 0) is 0 Å². The van der Waals surface area contributed by atoms with Crippen molar-refractivity contribution in [2.75, 3.05) is 5.75 Å². The van der Waals surface area contributed by atoms with E-state index in [9.17, 15) is 4.79 Å². The molecule has 1 aromatic carbocycles. The van der Waals surface area contributed by atoms with Crippen LogP contribution in [0.15, 0.2) is 47.8 Å². The van der Waals surface area contributed by atoms with Crippen LogP contribution in [0.2, 0.25) is 0 Å². The van der Waals surface area contributed by atoms with Gasteiger partial charge in [-0.1, -0.05) is 42.1 Å². The van der Waals surface area contributed by atoms with E-state index in [1.54, 1.807) is 11.8 Å². The van der Waals surface area contributed by atoms with Crippen molar-refractivity contribution in [2.45, 2.75) is 37.9 Å². The lowest BCUT2D eigenvalue weighted by molar-refractivity contribution is 0.102. The molecule has 1 aliphatic carbocycles. The van der Waals surface area contributed by atoms with Gasteiger partial charge in [-0.15, -0.1) is 0 Å². The van der Waals surface area contributed by atoms with Gasteiger partial charge in [0.25, 0.3) is 0 Å². The maximum atomic E-state index is 12.5. The van der Waals surface area contributed by atoms with Crippen molar-refractivity contribution in [3.05, 3.63) is 59.5 Å². The molecule has 0 atom stereocenters. The van der Waals surface area contributed by atoms with Crippen molar-refractivity contribution >= 4 is 17.5 Å². The molecule has 128 valence electrons. The summed E-state index contributed by atoms with van der Waals surface area (Å²) in [6.45, 7) is 3.92. The lowest BCUT2D eigenvalue weighted by Crippen LogP contribution is -2.05. The number of carbonyl (C=O) groups excluding carboxylic acids is 1. The molecule has 2 aromatic heterocycles. The molecule has 2 heterocycles. The lowest BCUT2D eigenvalue weighted by Gasteiger charge is -2.10. The Bertz CT molecular complexity index is 906. The van der Waals surface area contributed by atoms with E-state index in [4.69, 9.17) is 0 Å². The summed E-state index contributed by atoms with van der Waals surface area (Å²) in [4.78, 5) is 20.4. The summed E-state index contributed by atoms with van der Waals surface area (Å²) < 4.78 is 2.31. The van der Waals surface area contributed by atoms with E-state index in [0.29, 0.717) is 11.8 Å². The zero-order chi connectivity index (χ0) is 17.4. The molecular weight excluding hydrogens is 330 g/mol. The molecule has 1 saturated carbocycles. The second-order valence-electron chi connectivity index (χ2n) is 6.60. The molecule has 0 amide bonds. The number of benzene rings is 1. The minimum Gasteiger partial charge on any atom is -0.362 e. The van der Waals surface area contributed by atoms with Gasteiger partial charge < -0.3 is 9.55 Å². The quantitative estimate of drug-likeness (QED) is 0.512. The molecule has 1 N–H and O–H groups in total. The van der Waals surface area contributed by atoms with Crippen LogP contribution in [0, 0.1) is 13.8 Å². The second kappa shape index (κ2) is 6.56. The van der Waals surface area contributed by atoms with Crippen LogP contribution in [0.25, 0.3) is 11.3 Å². The van der Waals surface area contributed by atoms with Crippen molar-refractivity contribution < 1.29 is 4.79 Å². The number of H-pyrrole nitrogens is 1. The molecule has 25 heavy (non-hydrogen) atoms. The van der Waals surface area contributed by atoms with Gasteiger partial charge in [0.05, 0.1) is 17.6 Å². The average Bonchev–Trinajstić information content (AvgIpc) is 3.27. The molecular formula is C20H21N3OS. The van der Waals surface area contributed by atoms with Crippen LogP contribution in [0.5, 0.6) is 0 Å². The van der Waals surface area contributed by atoms with Crippen LogP contribution in [-0.4, -0.2) is 26.1 Å². The van der Waals surface area contributed by atoms with Gasteiger partial charge in [0.1, 0.15) is 0 Å². The Morgan fingerprint density at radius 3 is 2.68 bits per heavy atom. The monoisotopic (exact) mass is 351 g/mol. The summed E-state index contributed by atoms with van der Waals surface area (Å²) in [5.74, 6) is 0.564. The van der Waals surface area contributed by atoms with Crippen molar-refractivity contribution in [1.82, 2.24) is 14.5 Å². The Morgan fingerprint density at radius 2 is 2.04 bits per heavy atom. The highest BCUT2D eigenvalue weighted by Gasteiger charge is 2.29.